The lowest BCUT2D eigenvalue weighted by Gasteiger charge is -2.45. The molecule has 2 aliphatic heterocycles. The summed E-state index contributed by atoms with van der Waals surface area (Å²) in [6.07, 6.45) is 2.90. The number of rotatable bonds is 3. The van der Waals surface area contributed by atoms with Crippen LogP contribution in [0.1, 0.15) is 49.8 Å². The van der Waals surface area contributed by atoms with E-state index >= 15 is 0 Å². The number of amides is 2. The van der Waals surface area contributed by atoms with Gasteiger partial charge in [0.1, 0.15) is 0 Å². The number of imide groups is 1. The maximum atomic E-state index is 12.9. The van der Waals surface area contributed by atoms with Crippen molar-refractivity contribution >= 4 is 46.3 Å². The Balaban J connectivity index is 1.58. The molecule has 0 aromatic heterocycles. The van der Waals surface area contributed by atoms with Crippen molar-refractivity contribution in [3.8, 4) is 0 Å². The molecule has 2 aromatic rings. The fraction of sp³-hybridized carbons (Fsp3) is 0.333. The molecule has 0 saturated carbocycles. The quantitative estimate of drug-likeness (QED) is 0.525. The summed E-state index contributed by atoms with van der Waals surface area (Å²) in [6, 6.07) is 13.5. The van der Waals surface area contributed by atoms with Crippen LogP contribution in [0.25, 0.3) is 6.08 Å². The van der Waals surface area contributed by atoms with Crippen LogP contribution < -0.4 is 4.90 Å². The van der Waals surface area contributed by atoms with Gasteiger partial charge >= 0.3 is 0 Å². The van der Waals surface area contributed by atoms with Gasteiger partial charge < -0.3 is 4.90 Å². The van der Waals surface area contributed by atoms with Gasteiger partial charge in [-0.3, -0.25) is 14.5 Å². The number of halogens is 1. The summed E-state index contributed by atoms with van der Waals surface area (Å²) in [5.74, 6) is 0.184. The van der Waals surface area contributed by atoms with Crippen LogP contribution in [0.15, 0.2) is 47.4 Å². The van der Waals surface area contributed by atoms with E-state index in [1.165, 1.54) is 16.2 Å². The Morgan fingerprint density at radius 1 is 1.17 bits per heavy atom. The van der Waals surface area contributed by atoms with Gasteiger partial charge in [-0.25, -0.2) is 0 Å². The molecule has 4 rings (SSSR count). The second-order valence-electron chi connectivity index (χ2n) is 8.69. The fourth-order valence-electron chi connectivity index (χ4n) is 4.25. The summed E-state index contributed by atoms with van der Waals surface area (Å²) < 4.78 is 0. The topological polar surface area (TPSA) is 40.6 Å². The van der Waals surface area contributed by atoms with Crippen molar-refractivity contribution in [2.45, 2.75) is 45.2 Å². The number of anilines is 1. The molecule has 0 aliphatic carbocycles. The molecule has 0 bridgehead atoms. The van der Waals surface area contributed by atoms with Crippen LogP contribution in [0.5, 0.6) is 0 Å². The van der Waals surface area contributed by atoms with Gasteiger partial charge in [-0.2, -0.15) is 0 Å². The number of nitrogens with zero attached hydrogens (tertiary/aromatic N) is 2. The fourth-order valence-corrected chi connectivity index (χ4v) is 5.21. The predicted octanol–water partition coefficient (Wildman–Crippen LogP) is 6.30. The minimum Gasteiger partial charge on any atom is -0.369 e. The Labute approximate surface area is 186 Å². The van der Waals surface area contributed by atoms with Gasteiger partial charge in [0, 0.05) is 23.3 Å². The first-order valence-electron chi connectivity index (χ1n) is 10.0. The van der Waals surface area contributed by atoms with Crippen molar-refractivity contribution in [1.82, 2.24) is 4.90 Å². The Bertz CT molecular complexity index is 1050. The maximum absolute atomic E-state index is 12.9. The number of fused-ring (bicyclic) bond motifs is 1. The molecular weight excluding hydrogens is 416 g/mol. The average molecular weight is 441 g/mol. The van der Waals surface area contributed by atoms with E-state index in [1.807, 2.05) is 24.3 Å². The first-order chi connectivity index (χ1) is 14.2. The molecule has 2 amide bonds. The summed E-state index contributed by atoms with van der Waals surface area (Å²) in [5.41, 5.74) is 4.44. The molecule has 2 heterocycles. The normalized spacial score (nSPS) is 22.0. The van der Waals surface area contributed by atoms with Gasteiger partial charge in [0.05, 0.1) is 11.4 Å². The highest BCUT2D eigenvalue weighted by molar-refractivity contribution is 8.18. The zero-order chi connectivity index (χ0) is 21.6. The highest BCUT2D eigenvalue weighted by Crippen LogP contribution is 2.43. The van der Waals surface area contributed by atoms with E-state index in [0.717, 1.165) is 29.3 Å². The predicted molar refractivity (Wildman–Crippen MR) is 125 cm³/mol. The molecular formula is C24H25ClN2O2S. The zero-order valence-corrected chi connectivity index (χ0v) is 19.2. The van der Waals surface area contributed by atoms with Gasteiger partial charge in [0.25, 0.3) is 11.1 Å². The largest absolute Gasteiger partial charge is 0.369 e. The number of carbonyl (C=O) groups excluding carboxylic acids is 2. The SMILES string of the molecule is C[C@@H]1CC(C)(C)N(C)c2ccc(/C=C3\SC(=O)N(Cc4ccc(Cl)cc4)C3=O)cc21. The molecule has 30 heavy (non-hydrogen) atoms. The molecule has 4 nitrogen and oxygen atoms in total. The lowest BCUT2D eigenvalue weighted by molar-refractivity contribution is -0.123. The van der Waals surface area contributed by atoms with Crippen molar-refractivity contribution in [1.29, 1.82) is 0 Å². The first-order valence-corrected chi connectivity index (χ1v) is 11.2. The lowest BCUT2D eigenvalue weighted by atomic mass is 9.80. The van der Waals surface area contributed by atoms with Crippen LogP contribution in [0, 0.1) is 0 Å². The summed E-state index contributed by atoms with van der Waals surface area (Å²) in [4.78, 5) is 29.4. The van der Waals surface area contributed by atoms with Gasteiger partial charge in [0.2, 0.25) is 0 Å². The number of thioether (sulfide) groups is 1. The third-order valence-corrected chi connectivity index (χ3v) is 7.24. The maximum Gasteiger partial charge on any atom is 0.293 e. The molecule has 0 unspecified atom stereocenters. The summed E-state index contributed by atoms with van der Waals surface area (Å²) in [5, 5.41) is 0.387. The highest BCUT2D eigenvalue weighted by Gasteiger charge is 2.36. The minimum atomic E-state index is -0.246. The van der Waals surface area contributed by atoms with E-state index in [1.54, 1.807) is 12.1 Å². The monoisotopic (exact) mass is 440 g/mol. The molecule has 6 heteroatoms. The third kappa shape index (κ3) is 3.88. The van der Waals surface area contributed by atoms with E-state index in [9.17, 15) is 9.59 Å². The van der Waals surface area contributed by atoms with Gasteiger partial charge in [0.15, 0.2) is 0 Å². The Kier molecular flexibility index (Phi) is 5.45. The van der Waals surface area contributed by atoms with E-state index in [4.69, 9.17) is 11.6 Å². The van der Waals surface area contributed by atoms with Gasteiger partial charge in [-0.05, 0) is 85.0 Å². The number of benzene rings is 2. The summed E-state index contributed by atoms with van der Waals surface area (Å²) in [6.45, 7) is 7.02. The molecule has 1 saturated heterocycles. The van der Waals surface area contributed by atoms with Crippen LogP contribution in [0.4, 0.5) is 10.5 Å². The van der Waals surface area contributed by atoms with E-state index in [0.29, 0.717) is 15.8 Å². The Morgan fingerprint density at radius 3 is 2.57 bits per heavy atom. The average Bonchev–Trinajstić information content (AvgIpc) is 2.95. The summed E-state index contributed by atoms with van der Waals surface area (Å²) >= 11 is 6.92. The van der Waals surface area contributed by atoms with Crippen molar-refractivity contribution in [2.75, 3.05) is 11.9 Å². The molecule has 1 fully saturated rings. The molecule has 0 N–H and O–H groups in total. The highest BCUT2D eigenvalue weighted by atomic mass is 35.5. The van der Waals surface area contributed by atoms with Crippen molar-refractivity contribution < 1.29 is 9.59 Å². The van der Waals surface area contributed by atoms with Crippen molar-refractivity contribution in [3.63, 3.8) is 0 Å². The molecule has 0 radical (unpaired) electrons. The smallest absolute Gasteiger partial charge is 0.293 e. The second kappa shape index (κ2) is 7.78. The Morgan fingerprint density at radius 2 is 1.87 bits per heavy atom. The van der Waals surface area contributed by atoms with Crippen LogP contribution in [-0.4, -0.2) is 28.6 Å². The number of hydrogen-bond acceptors (Lipinski definition) is 4. The lowest BCUT2D eigenvalue weighted by Crippen LogP contribution is -2.45. The van der Waals surface area contributed by atoms with Crippen LogP contribution >= 0.6 is 23.4 Å². The van der Waals surface area contributed by atoms with Crippen molar-refractivity contribution in [3.05, 3.63) is 69.1 Å². The minimum absolute atomic E-state index is 0.109. The molecule has 2 aliphatic rings. The third-order valence-electron chi connectivity index (χ3n) is 6.08. The molecule has 156 valence electrons. The van der Waals surface area contributed by atoms with Crippen LogP contribution in [0.3, 0.4) is 0 Å². The molecule has 0 spiro atoms. The molecule has 1 atom stereocenters. The van der Waals surface area contributed by atoms with E-state index in [2.05, 4.69) is 44.9 Å². The van der Waals surface area contributed by atoms with Crippen LogP contribution in [-0.2, 0) is 11.3 Å². The summed E-state index contributed by atoms with van der Waals surface area (Å²) in [7, 11) is 2.13. The van der Waals surface area contributed by atoms with Crippen LogP contribution in [0.2, 0.25) is 5.02 Å². The zero-order valence-electron chi connectivity index (χ0n) is 17.6. The van der Waals surface area contributed by atoms with Crippen molar-refractivity contribution in [2.24, 2.45) is 0 Å². The standard InChI is InChI=1S/C24H25ClN2O2S/c1-15-13-24(2,3)26(4)20-10-7-17(11-19(15)20)12-21-22(28)27(23(29)30-21)14-16-5-8-18(25)9-6-16/h5-12,15H,13-14H2,1-4H3/b21-12-/t15-/m1/s1. The van der Waals surface area contributed by atoms with E-state index in [-0.39, 0.29) is 23.2 Å². The van der Waals surface area contributed by atoms with Gasteiger partial charge in [-0.1, -0.05) is 36.7 Å². The number of carbonyl (C=O) groups is 2. The molecule has 2 aromatic carbocycles. The first kappa shape index (κ1) is 21.0. The Hall–Kier alpha value is -2.24. The van der Waals surface area contributed by atoms with E-state index < -0.39 is 0 Å². The second-order valence-corrected chi connectivity index (χ2v) is 10.1. The number of hydrogen-bond donors (Lipinski definition) is 0. The van der Waals surface area contributed by atoms with Gasteiger partial charge in [-0.15, -0.1) is 0 Å².